The van der Waals surface area contributed by atoms with Crippen molar-refractivity contribution >= 4 is 21.4 Å². The maximum absolute atomic E-state index is 12.7. The van der Waals surface area contributed by atoms with E-state index >= 15 is 0 Å². The normalized spacial score (nSPS) is 13.9. The predicted octanol–water partition coefficient (Wildman–Crippen LogP) is 2.63. The van der Waals surface area contributed by atoms with Gasteiger partial charge in [0.05, 0.1) is 24.2 Å². The topological polar surface area (TPSA) is 67.9 Å². The molecule has 1 aliphatic rings. The van der Waals surface area contributed by atoms with Crippen molar-refractivity contribution in [1.29, 1.82) is 0 Å². The molecular formula is C17H20N2O4S. The van der Waals surface area contributed by atoms with Crippen LogP contribution in [0.1, 0.15) is 5.56 Å². The average Bonchev–Trinajstić information content (AvgIpc) is 2.55. The molecule has 0 saturated carbocycles. The fraction of sp³-hybridized carbons (Fsp3) is 0.294. The lowest BCUT2D eigenvalue weighted by Gasteiger charge is -2.28. The third-order valence-corrected chi connectivity index (χ3v) is 5.51. The molecule has 6 nitrogen and oxygen atoms in total. The van der Waals surface area contributed by atoms with Gasteiger partial charge in [0.2, 0.25) is 0 Å². The third kappa shape index (κ3) is 3.12. The number of fused-ring (bicyclic) bond motifs is 1. The second-order valence-electron chi connectivity index (χ2n) is 5.69. The van der Waals surface area contributed by atoms with E-state index < -0.39 is 10.0 Å². The zero-order valence-electron chi connectivity index (χ0n) is 13.9. The van der Waals surface area contributed by atoms with Crippen molar-refractivity contribution in [2.75, 3.05) is 36.9 Å². The van der Waals surface area contributed by atoms with Gasteiger partial charge in [0.1, 0.15) is 18.1 Å². The molecule has 0 bridgehead atoms. The van der Waals surface area contributed by atoms with Gasteiger partial charge >= 0.3 is 0 Å². The molecule has 1 N–H and O–H groups in total. The minimum Gasteiger partial charge on any atom is -0.497 e. The van der Waals surface area contributed by atoms with Gasteiger partial charge in [-0.15, -0.1) is 0 Å². The summed E-state index contributed by atoms with van der Waals surface area (Å²) >= 11 is 0. The molecule has 1 aliphatic heterocycles. The van der Waals surface area contributed by atoms with Crippen molar-refractivity contribution in [3.8, 4) is 11.5 Å². The van der Waals surface area contributed by atoms with Gasteiger partial charge in [0.15, 0.2) is 0 Å². The summed E-state index contributed by atoms with van der Waals surface area (Å²) in [5.41, 5.74) is 2.06. The average molecular weight is 348 g/mol. The zero-order valence-corrected chi connectivity index (χ0v) is 14.7. The smallest absolute Gasteiger partial charge is 0.262 e. The first kappa shape index (κ1) is 16.4. The molecule has 0 aliphatic carbocycles. The van der Waals surface area contributed by atoms with Gasteiger partial charge in [-0.3, -0.25) is 4.72 Å². The number of ether oxygens (including phenoxy) is 2. The number of rotatable bonds is 4. The minimum absolute atomic E-state index is 0.215. The molecule has 0 aromatic heterocycles. The fourth-order valence-corrected chi connectivity index (χ4v) is 3.94. The predicted molar refractivity (Wildman–Crippen MR) is 93.7 cm³/mol. The number of hydrogen-bond acceptors (Lipinski definition) is 5. The summed E-state index contributed by atoms with van der Waals surface area (Å²) in [6, 6.07) is 10.2. The molecule has 0 spiro atoms. The quantitative estimate of drug-likeness (QED) is 0.920. The number of hydrogen-bond donors (Lipinski definition) is 1. The summed E-state index contributed by atoms with van der Waals surface area (Å²) in [7, 11) is -0.179. The molecule has 7 heteroatoms. The Hall–Kier alpha value is -2.41. The molecule has 0 amide bonds. The standard InChI is InChI=1S/C17H20N2O4S/c1-12-10-15-16(23-9-8-19(15)2)11-17(12)24(20,21)18-13-4-6-14(22-3)7-5-13/h4-7,10-11,18H,8-9H2,1-3H3. The lowest BCUT2D eigenvalue weighted by molar-refractivity contribution is 0.310. The summed E-state index contributed by atoms with van der Waals surface area (Å²) < 4.78 is 38.7. The van der Waals surface area contributed by atoms with Crippen LogP contribution in [0.4, 0.5) is 11.4 Å². The maximum atomic E-state index is 12.7. The Morgan fingerprint density at radius 2 is 1.92 bits per heavy atom. The number of anilines is 2. The maximum Gasteiger partial charge on any atom is 0.262 e. The van der Waals surface area contributed by atoms with Gasteiger partial charge in [0.25, 0.3) is 10.0 Å². The van der Waals surface area contributed by atoms with Crippen molar-refractivity contribution in [3.05, 3.63) is 42.0 Å². The van der Waals surface area contributed by atoms with Crippen LogP contribution in [0.3, 0.4) is 0 Å². The molecule has 0 atom stereocenters. The second-order valence-corrected chi connectivity index (χ2v) is 7.34. The molecule has 128 valence electrons. The third-order valence-electron chi connectivity index (χ3n) is 3.98. The number of methoxy groups -OCH3 is 1. The first-order valence-corrected chi connectivity index (χ1v) is 9.04. The summed E-state index contributed by atoms with van der Waals surface area (Å²) in [6.07, 6.45) is 0. The van der Waals surface area contributed by atoms with Crippen molar-refractivity contribution in [2.45, 2.75) is 11.8 Å². The molecule has 0 radical (unpaired) electrons. The highest BCUT2D eigenvalue weighted by molar-refractivity contribution is 7.92. The molecule has 2 aromatic carbocycles. The summed E-state index contributed by atoms with van der Waals surface area (Å²) in [6.45, 7) is 3.10. The Balaban J connectivity index is 1.94. The van der Waals surface area contributed by atoms with E-state index in [4.69, 9.17) is 9.47 Å². The summed E-state index contributed by atoms with van der Waals surface area (Å²) in [5.74, 6) is 1.25. The van der Waals surface area contributed by atoms with E-state index in [0.717, 1.165) is 12.2 Å². The van der Waals surface area contributed by atoms with E-state index in [1.807, 2.05) is 13.1 Å². The highest BCUT2D eigenvalue weighted by Crippen LogP contribution is 2.35. The van der Waals surface area contributed by atoms with Gasteiger partial charge in [-0.2, -0.15) is 0 Å². The SMILES string of the molecule is COc1ccc(NS(=O)(=O)c2cc3c(cc2C)N(C)CCO3)cc1. The number of nitrogens with one attached hydrogen (secondary N) is 1. The van der Waals surface area contributed by atoms with Crippen LogP contribution in [-0.2, 0) is 10.0 Å². The monoisotopic (exact) mass is 348 g/mol. The van der Waals surface area contributed by atoms with Crippen LogP contribution in [-0.4, -0.2) is 35.7 Å². The van der Waals surface area contributed by atoms with Crippen LogP contribution in [0.2, 0.25) is 0 Å². The zero-order chi connectivity index (χ0) is 17.3. The van der Waals surface area contributed by atoms with E-state index in [1.54, 1.807) is 44.4 Å². The van der Waals surface area contributed by atoms with Crippen LogP contribution < -0.4 is 19.1 Å². The molecular weight excluding hydrogens is 328 g/mol. The van der Waals surface area contributed by atoms with Crippen LogP contribution in [0.5, 0.6) is 11.5 Å². The van der Waals surface area contributed by atoms with Gasteiger partial charge < -0.3 is 14.4 Å². The Bertz CT molecular complexity index is 848. The number of nitrogens with zero attached hydrogens (tertiary/aromatic N) is 1. The van der Waals surface area contributed by atoms with E-state index in [1.165, 1.54) is 0 Å². The number of aryl methyl sites for hydroxylation is 1. The lowest BCUT2D eigenvalue weighted by Crippen LogP contribution is -2.29. The molecule has 1 heterocycles. The first-order chi connectivity index (χ1) is 11.4. The van der Waals surface area contributed by atoms with Crippen LogP contribution >= 0.6 is 0 Å². The second kappa shape index (κ2) is 6.24. The molecule has 0 unspecified atom stereocenters. The molecule has 24 heavy (non-hydrogen) atoms. The van der Waals surface area contributed by atoms with E-state index in [9.17, 15) is 8.42 Å². The molecule has 3 rings (SSSR count). The minimum atomic E-state index is -3.70. The Morgan fingerprint density at radius 1 is 1.21 bits per heavy atom. The number of sulfonamides is 1. The number of likely N-dealkylation sites (N-methyl/N-ethyl adjacent to an activating group) is 1. The lowest BCUT2D eigenvalue weighted by atomic mass is 10.2. The first-order valence-electron chi connectivity index (χ1n) is 7.56. The Morgan fingerprint density at radius 3 is 2.58 bits per heavy atom. The van der Waals surface area contributed by atoms with Crippen LogP contribution in [0, 0.1) is 6.92 Å². The molecule has 0 saturated heterocycles. The number of benzene rings is 2. The van der Waals surface area contributed by atoms with E-state index in [2.05, 4.69) is 9.62 Å². The largest absolute Gasteiger partial charge is 0.497 e. The Kier molecular flexibility index (Phi) is 4.28. The van der Waals surface area contributed by atoms with E-state index in [-0.39, 0.29) is 4.90 Å². The van der Waals surface area contributed by atoms with E-state index in [0.29, 0.717) is 29.4 Å². The van der Waals surface area contributed by atoms with Gasteiger partial charge in [-0.1, -0.05) is 0 Å². The van der Waals surface area contributed by atoms with Crippen molar-refractivity contribution in [3.63, 3.8) is 0 Å². The highest BCUT2D eigenvalue weighted by Gasteiger charge is 2.23. The van der Waals surface area contributed by atoms with Gasteiger partial charge in [-0.25, -0.2) is 8.42 Å². The molecule has 2 aromatic rings. The van der Waals surface area contributed by atoms with Gasteiger partial charge in [-0.05, 0) is 42.8 Å². The fourth-order valence-electron chi connectivity index (χ4n) is 2.64. The highest BCUT2D eigenvalue weighted by atomic mass is 32.2. The Labute approximate surface area is 142 Å². The van der Waals surface area contributed by atoms with Crippen molar-refractivity contribution in [1.82, 2.24) is 0 Å². The van der Waals surface area contributed by atoms with Gasteiger partial charge in [0, 0.05) is 18.8 Å². The van der Waals surface area contributed by atoms with Crippen LogP contribution in [0.25, 0.3) is 0 Å². The van der Waals surface area contributed by atoms with Crippen molar-refractivity contribution < 1.29 is 17.9 Å². The van der Waals surface area contributed by atoms with Crippen molar-refractivity contribution in [2.24, 2.45) is 0 Å². The summed E-state index contributed by atoms with van der Waals surface area (Å²) in [5, 5.41) is 0. The van der Waals surface area contributed by atoms with Crippen LogP contribution in [0.15, 0.2) is 41.3 Å². The molecule has 0 fully saturated rings. The summed E-state index contributed by atoms with van der Waals surface area (Å²) in [4.78, 5) is 2.27.